The van der Waals surface area contributed by atoms with Crippen molar-refractivity contribution in [3.63, 3.8) is 0 Å². The highest BCUT2D eigenvalue weighted by Crippen LogP contribution is 2.28. The predicted molar refractivity (Wildman–Crippen MR) is 121 cm³/mol. The summed E-state index contributed by atoms with van der Waals surface area (Å²) in [6.45, 7) is 1.72. The van der Waals surface area contributed by atoms with Gasteiger partial charge in [0, 0.05) is 5.69 Å². The van der Waals surface area contributed by atoms with Crippen molar-refractivity contribution >= 4 is 38.9 Å². The molecule has 0 unspecified atom stereocenters. The van der Waals surface area contributed by atoms with Crippen LogP contribution in [0.4, 0.5) is 11.4 Å². The van der Waals surface area contributed by atoms with Crippen molar-refractivity contribution in [3.8, 4) is 11.5 Å². The number of halogens is 1. The molecule has 0 bridgehead atoms. The molecule has 7 nitrogen and oxygen atoms in total. The van der Waals surface area contributed by atoms with Crippen molar-refractivity contribution in [1.29, 1.82) is 0 Å². The molecule has 3 aromatic carbocycles. The maximum absolute atomic E-state index is 12.6. The summed E-state index contributed by atoms with van der Waals surface area (Å²) in [5.41, 5.74) is 2.01. The summed E-state index contributed by atoms with van der Waals surface area (Å²) in [4.78, 5) is 12.1. The van der Waals surface area contributed by atoms with Crippen LogP contribution in [0.5, 0.6) is 11.5 Å². The van der Waals surface area contributed by atoms with Crippen LogP contribution < -0.4 is 19.5 Å². The molecule has 3 rings (SSSR count). The molecule has 31 heavy (non-hydrogen) atoms. The Balaban J connectivity index is 1.59. The third kappa shape index (κ3) is 6.13. The molecular formula is C22H21ClN2O5S. The fraction of sp³-hybridized carbons (Fsp3) is 0.136. The number of hydrogen-bond acceptors (Lipinski definition) is 5. The molecule has 0 spiro atoms. The Labute approximate surface area is 186 Å². The molecule has 2 N–H and O–H groups in total. The van der Waals surface area contributed by atoms with Crippen molar-refractivity contribution in [1.82, 2.24) is 0 Å². The fourth-order valence-corrected chi connectivity index (χ4v) is 4.03. The average molecular weight is 461 g/mol. The van der Waals surface area contributed by atoms with Crippen LogP contribution in [0.25, 0.3) is 0 Å². The Morgan fingerprint density at radius 2 is 1.74 bits per heavy atom. The van der Waals surface area contributed by atoms with E-state index in [1.165, 1.54) is 37.4 Å². The van der Waals surface area contributed by atoms with Crippen molar-refractivity contribution in [2.24, 2.45) is 0 Å². The van der Waals surface area contributed by atoms with E-state index in [0.717, 1.165) is 5.56 Å². The maximum atomic E-state index is 12.6. The van der Waals surface area contributed by atoms with Gasteiger partial charge in [-0.2, -0.15) is 0 Å². The van der Waals surface area contributed by atoms with Gasteiger partial charge in [-0.05, 0) is 67.1 Å². The van der Waals surface area contributed by atoms with Crippen LogP contribution >= 0.6 is 11.6 Å². The molecule has 0 heterocycles. The number of carbonyl (C=O) groups is 1. The van der Waals surface area contributed by atoms with Gasteiger partial charge in [-0.15, -0.1) is 0 Å². The number of hydrogen-bond donors (Lipinski definition) is 2. The number of rotatable bonds is 8. The molecule has 3 aromatic rings. The number of nitrogens with one attached hydrogen (secondary N) is 2. The molecule has 0 saturated heterocycles. The molecule has 0 radical (unpaired) electrons. The number of carbonyl (C=O) groups excluding carboxylic acids is 1. The minimum atomic E-state index is -3.83. The van der Waals surface area contributed by atoms with Gasteiger partial charge < -0.3 is 14.8 Å². The van der Waals surface area contributed by atoms with E-state index in [9.17, 15) is 13.2 Å². The van der Waals surface area contributed by atoms with Crippen LogP contribution in [0.1, 0.15) is 5.56 Å². The normalized spacial score (nSPS) is 10.9. The third-order valence-corrected chi connectivity index (χ3v) is 5.90. The lowest BCUT2D eigenvalue weighted by Crippen LogP contribution is -2.20. The maximum Gasteiger partial charge on any atom is 0.262 e. The molecule has 0 atom stereocenters. The summed E-state index contributed by atoms with van der Waals surface area (Å²) in [5, 5.41) is 3.03. The summed E-state index contributed by atoms with van der Waals surface area (Å²) in [6.07, 6.45) is 0. The highest BCUT2D eigenvalue weighted by molar-refractivity contribution is 7.92. The largest absolute Gasteiger partial charge is 0.495 e. The van der Waals surface area contributed by atoms with Gasteiger partial charge in [-0.1, -0.05) is 23.7 Å². The van der Waals surface area contributed by atoms with E-state index in [4.69, 9.17) is 21.1 Å². The fourth-order valence-electron chi connectivity index (χ4n) is 2.73. The van der Waals surface area contributed by atoms with Crippen molar-refractivity contribution in [2.75, 3.05) is 23.8 Å². The zero-order valence-corrected chi connectivity index (χ0v) is 18.5. The molecule has 9 heteroatoms. The van der Waals surface area contributed by atoms with E-state index in [1.54, 1.807) is 18.2 Å². The number of anilines is 2. The second-order valence-corrected chi connectivity index (χ2v) is 8.72. The second-order valence-electron chi connectivity index (χ2n) is 6.63. The van der Waals surface area contributed by atoms with Gasteiger partial charge in [0.15, 0.2) is 6.61 Å². The second kappa shape index (κ2) is 9.72. The van der Waals surface area contributed by atoms with Crippen molar-refractivity contribution < 1.29 is 22.7 Å². The Hall–Kier alpha value is -3.23. The van der Waals surface area contributed by atoms with Gasteiger partial charge in [0.25, 0.3) is 15.9 Å². The van der Waals surface area contributed by atoms with E-state index >= 15 is 0 Å². The first-order chi connectivity index (χ1) is 14.8. The molecular weight excluding hydrogens is 440 g/mol. The Kier molecular flexibility index (Phi) is 7.04. The zero-order valence-electron chi connectivity index (χ0n) is 16.9. The van der Waals surface area contributed by atoms with Crippen LogP contribution in [0.3, 0.4) is 0 Å². The molecule has 0 saturated carbocycles. The molecule has 0 aromatic heterocycles. The molecule has 0 aliphatic rings. The highest BCUT2D eigenvalue weighted by Gasteiger charge is 2.15. The summed E-state index contributed by atoms with van der Waals surface area (Å²) in [7, 11) is -2.35. The number of amides is 1. The topological polar surface area (TPSA) is 93.7 Å². The van der Waals surface area contributed by atoms with E-state index in [-0.39, 0.29) is 22.4 Å². The minimum absolute atomic E-state index is 0.0380. The number of aryl methyl sites for hydroxylation is 1. The summed E-state index contributed by atoms with van der Waals surface area (Å²) < 4.78 is 38.1. The highest BCUT2D eigenvalue weighted by atomic mass is 35.5. The molecule has 0 aliphatic heterocycles. The SMILES string of the molecule is COc1ccc(NS(=O)(=O)c2ccc(OCC(=O)Nc3cccc(C)c3)cc2)cc1Cl. The Morgan fingerprint density at radius 3 is 2.39 bits per heavy atom. The molecule has 162 valence electrons. The van der Waals surface area contributed by atoms with E-state index in [1.807, 2.05) is 25.1 Å². The standard InChI is InChI=1S/C22H21ClN2O5S/c1-15-4-3-5-16(12-15)24-22(26)14-30-18-7-9-19(10-8-18)31(27,28)25-17-6-11-21(29-2)20(23)13-17/h3-13,25H,14H2,1-2H3,(H,24,26). The van der Waals surface area contributed by atoms with Crippen LogP contribution in [-0.2, 0) is 14.8 Å². The van der Waals surface area contributed by atoms with Gasteiger partial charge in [0.1, 0.15) is 11.5 Å². The smallest absolute Gasteiger partial charge is 0.262 e. The first kappa shape index (κ1) is 22.5. The first-order valence-electron chi connectivity index (χ1n) is 9.22. The van der Waals surface area contributed by atoms with Crippen LogP contribution in [-0.4, -0.2) is 28.0 Å². The Morgan fingerprint density at radius 1 is 1.00 bits per heavy atom. The number of benzene rings is 3. The van der Waals surface area contributed by atoms with E-state index < -0.39 is 10.0 Å². The average Bonchev–Trinajstić information content (AvgIpc) is 2.72. The van der Waals surface area contributed by atoms with Gasteiger partial charge in [-0.3, -0.25) is 9.52 Å². The number of methoxy groups -OCH3 is 1. The number of ether oxygens (including phenoxy) is 2. The lowest BCUT2D eigenvalue weighted by Gasteiger charge is -2.11. The van der Waals surface area contributed by atoms with Gasteiger partial charge in [-0.25, -0.2) is 8.42 Å². The molecule has 1 amide bonds. The monoisotopic (exact) mass is 460 g/mol. The van der Waals surface area contributed by atoms with Gasteiger partial charge in [0.2, 0.25) is 0 Å². The van der Waals surface area contributed by atoms with Crippen LogP contribution in [0.2, 0.25) is 5.02 Å². The van der Waals surface area contributed by atoms with Crippen molar-refractivity contribution in [2.45, 2.75) is 11.8 Å². The predicted octanol–water partition coefficient (Wildman–Crippen LogP) is 4.48. The third-order valence-electron chi connectivity index (χ3n) is 4.21. The van der Waals surface area contributed by atoms with Crippen molar-refractivity contribution in [3.05, 3.63) is 77.3 Å². The summed E-state index contributed by atoms with van der Waals surface area (Å²) in [5.74, 6) is 0.490. The van der Waals surface area contributed by atoms with Crippen LogP contribution in [0.15, 0.2) is 71.6 Å². The minimum Gasteiger partial charge on any atom is -0.495 e. The first-order valence-corrected chi connectivity index (χ1v) is 11.1. The molecule has 0 fully saturated rings. The molecule has 0 aliphatic carbocycles. The van der Waals surface area contributed by atoms with Gasteiger partial charge in [0.05, 0.1) is 22.7 Å². The zero-order chi connectivity index (χ0) is 22.4. The van der Waals surface area contributed by atoms with E-state index in [0.29, 0.717) is 22.9 Å². The van der Waals surface area contributed by atoms with Crippen LogP contribution in [0, 0.1) is 6.92 Å². The van der Waals surface area contributed by atoms with Gasteiger partial charge >= 0.3 is 0 Å². The number of sulfonamides is 1. The van der Waals surface area contributed by atoms with E-state index in [2.05, 4.69) is 10.0 Å². The Bertz CT molecular complexity index is 1180. The summed E-state index contributed by atoms with van der Waals surface area (Å²) in [6, 6.07) is 17.7. The quantitative estimate of drug-likeness (QED) is 0.517. The lowest BCUT2D eigenvalue weighted by atomic mass is 10.2. The lowest BCUT2D eigenvalue weighted by molar-refractivity contribution is -0.118. The summed E-state index contributed by atoms with van der Waals surface area (Å²) >= 11 is 6.04.